The molecular weight excluding hydrogens is 316 g/mol. The van der Waals surface area contributed by atoms with Gasteiger partial charge in [-0.25, -0.2) is 4.79 Å². The summed E-state index contributed by atoms with van der Waals surface area (Å²) in [6.07, 6.45) is 2.01. The number of hydrogen-bond acceptors (Lipinski definition) is 4. The summed E-state index contributed by atoms with van der Waals surface area (Å²) in [5.41, 5.74) is 1.10. The van der Waals surface area contributed by atoms with E-state index in [-0.39, 0.29) is 24.5 Å². The summed E-state index contributed by atoms with van der Waals surface area (Å²) in [6.45, 7) is 3.49. The second-order valence-corrected chi connectivity index (χ2v) is 6.48. The summed E-state index contributed by atoms with van der Waals surface area (Å²) in [7, 11) is 0. The maximum Gasteiger partial charge on any atom is 0.321 e. The number of anilines is 1. The van der Waals surface area contributed by atoms with Crippen LogP contribution >= 0.6 is 11.6 Å². The maximum atomic E-state index is 11.9. The molecule has 6 nitrogen and oxygen atoms in total. The van der Waals surface area contributed by atoms with Crippen LogP contribution in [0.5, 0.6) is 0 Å². The lowest BCUT2D eigenvalue weighted by molar-refractivity contribution is -0.121. The van der Waals surface area contributed by atoms with E-state index in [0.29, 0.717) is 0 Å². The second-order valence-electron chi connectivity index (χ2n) is 6.04. The number of halogens is 1. The van der Waals surface area contributed by atoms with Crippen LogP contribution in [0.1, 0.15) is 12.8 Å². The quantitative estimate of drug-likeness (QED) is 0.873. The Labute approximate surface area is 140 Å². The highest BCUT2D eigenvalue weighted by Crippen LogP contribution is 2.20. The molecule has 124 valence electrons. The third-order valence-electron chi connectivity index (χ3n) is 4.08. The number of carbonyl (C=O) groups is 2. The minimum atomic E-state index is -0.380. The molecule has 0 unspecified atom stereocenters. The van der Waals surface area contributed by atoms with Gasteiger partial charge in [-0.1, -0.05) is 17.7 Å². The van der Waals surface area contributed by atoms with E-state index in [1.807, 2.05) is 24.3 Å². The Hall–Kier alpha value is -1.79. The highest BCUT2D eigenvalue weighted by atomic mass is 35.5. The van der Waals surface area contributed by atoms with E-state index in [4.69, 9.17) is 11.6 Å². The largest absolute Gasteiger partial charge is 0.369 e. The molecule has 1 saturated carbocycles. The zero-order valence-corrected chi connectivity index (χ0v) is 13.7. The molecule has 1 aliphatic heterocycles. The van der Waals surface area contributed by atoms with Gasteiger partial charge in [0.1, 0.15) is 0 Å². The fourth-order valence-corrected chi connectivity index (χ4v) is 2.84. The Morgan fingerprint density at radius 2 is 1.91 bits per heavy atom. The predicted molar refractivity (Wildman–Crippen MR) is 89.8 cm³/mol. The van der Waals surface area contributed by atoms with Crippen molar-refractivity contribution in [2.75, 3.05) is 37.6 Å². The van der Waals surface area contributed by atoms with E-state index in [2.05, 4.69) is 20.4 Å². The van der Waals surface area contributed by atoms with Gasteiger partial charge in [0.05, 0.1) is 6.54 Å². The van der Waals surface area contributed by atoms with Gasteiger partial charge in [0.2, 0.25) is 5.91 Å². The van der Waals surface area contributed by atoms with Gasteiger partial charge in [-0.05, 0) is 31.0 Å². The molecule has 2 fully saturated rings. The Kier molecular flexibility index (Phi) is 5.03. The lowest BCUT2D eigenvalue weighted by Crippen LogP contribution is -2.51. The van der Waals surface area contributed by atoms with Crippen molar-refractivity contribution >= 4 is 29.2 Å². The van der Waals surface area contributed by atoms with Gasteiger partial charge in [0.25, 0.3) is 0 Å². The monoisotopic (exact) mass is 336 g/mol. The van der Waals surface area contributed by atoms with Gasteiger partial charge in [-0.3, -0.25) is 15.0 Å². The van der Waals surface area contributed by atoms with Crippen molar-refractivity contribution in [2.45, 2.75) is 18.9 Å². The SMILES string of the molecule is O=C(CN1CCN(c2cccc(Cl)c2)CC1)NC(=O)NC1CC1. The summed E-state index contributed by atoms with van der Waals surface area (Å²) in [4.78, 5) is 27.7. The van der Waals surface area contributed by atoms with Crippen molar-refractivity contribution < 1.29 is 9.59 Å². The van der Waals surface area contributed by atoms with E-state index < -0.39 is 0 Å². The molecule has 1 aromatic carbocycles. The van der Waals surface area contributed by atoms with Crippen molar-refractivity contribution in [1.29, 1.82) is 0 Å². The van der Waals surface area contributed by atoms with Gasteiger partial charge in [0, 0.05) is 42.9 Å². The van der Waals surface area contributed by atoms with E-state index >= 15 is 0 Å². The minimum absolute atomic E-state index is 0.251. The first-order chi connectivity index (χ1) is 11.1. The standard InChI is InChI=1S/C16H21ClN4O2/c17-12-2-1-3-14(10-12)21-8-6-20(7-9-21)11-15(22)19-16(23)18-13-4-5-13/h1-3,10,13H,4-9,11H2,(H2,18,19,22,23). The fourth-order valence-electron chi connectivity index (χ4n) is 2.66. The molecule has 2 aliphatic rings. The average Bonchev–Trinajstić information content (AvgIpc) is 3.31. The van der Waals surface area contributed by atoms with E-state index in [0.717, 1.165) is 49.7 Å². The summed E-state index contributed by atoms with van der Waals surface area (Å²) in [5, 5.41) is 5.86. The number of benzene rings is 1. The molecule has 7 heteroatoms. The summed E-state index contributed by atoms with van der Waals surface area (Å²) < 4.78 is 0. The van der Waals surface area contributed by atoms with Gasteiger partial charge < -0.3 is 10.2 Å². The third-order valence-corrected chi connectivity index (χ3v) is 4.31. The van der Waals surface area contributed by atoms with Crippen LogP contribution in [0.15, 0.2) is 24.3 Å². The fraction of sp³-hybridized carbons (Fsp3) is 0.500. The van der Waals surface area contributed by atoms with E-state index in [1.54, 1.807) is 0 Å². The second kappa shape index (κ2) is 7.19. The number of carbonyl (C=O) groups excluding carboxylic acids is 2. The topological polar surface area (TPSA) is 64.7 Å². The smallest absolute Gasteiger partial charge is 0.321 e. The van der Waals surface area contributed by atoms with Crippen molar-refractivity contribution in [1.82, 2.24) is 15.5 Å². The average molecular weight is 337 g/mol. The molecule has 3 amide bonds. The molecule has 1 aromatic rings. The number of rotatable bonds is 4. The van der Waals surface area contributed by atoms with Crippen molar-refractivity contribution in [3.8, 4) is 0 Å². The molecule has 23 heavy (non-hydrogen) atoms. The molecule has 0 bridgehead atoms. The normalized spacial score (nSPS) is 18.6. The molecule has 0 spiro atoms. The lowest BCUT2D eigenvalue weighted by atomic mass is 10.2. The molecule has 1 aliphatic carbocycles. The highest BCUT2D eigenvalue weighted by molar-refractivity contribution is 6.30. The Morgan fingerprint density at radius 3 is 2.57 bits per heavy atom. The first kappa shape index (κ1) is 16.1. The molecule has 1 heterocycles. The molecular formula is C16H21ClN4O2. The van der Waals surface area contributed by atoms with Crippen LogP contribution in [0.2, 0.25) is 5.02 Å². The van der Waals surface area contributed by atoms with E-state index in [9.17, 15) is 9.59 Å². The van der Waals surface area contributed by atoms with Crippen molar-refractivity contribution in [2.24, 2.45) is 0 Å². The number of piperazine rings is 1. The number of urea groups is 1. The lowest BCUT2D eigenvalue weighted by Gasteiger charge is -2.35. The van der Waals surface area contributed by atoms with Crippen LogP contribution in [0.25, 0.3) is 0 Å². The zero-order valence-electron chi connectivity index (χ0n) is 12.9. The Bertz CT molecular complexity index is 583. The first-order valence-corrected chi connectivity index (χ1v) is 8.31. The van der Waals surface area contributed by atoms with Crippen LogP contribution in [0.3, 0.4) is 0 Å². The van der Waals surface area contributed by atoms with Crippen molar-refractivity contribution in [3.63, 3.8) is 0 Å². The molecule has 0 atom stereocenters. The predicted octanol–water partition coefficient (Wildman–Crippen LogP) is 1.45. The highest BCUT2D eigenvalue weighted by Gasteiger charge is 2.25. The van der Waals surface area contributed by atoms with Crippen LogP contribution in [-0.4, -0.2) is 55.6 Å². The van der Waals surface area contributed by atoms with E-state index in [1.165, 1.54) is 0 Å². The van der Waals surface area contributed by atoms with Gasteiger partial charge >= 0.3 is 6.03 Å². The molecule has 1 saturated heterocycles. The van der Waals surface area contributed by atoms with Crippen LogP contribution in [0.4, 0.5) is 10.5 Å². The number of amides is 3. The van der Waals surface area contributed by atoms with Crippen LogP contribution in [0, 0.1) is 0 Å². The summed E-state index contributed by atoms with van der Waals surface area (Å²) in [6, 6.07) is 7.66. The molecule has 2 N–H and O–H groups in total. The number of imide groups is 1. The Morgan fingerprint density at radius 1 is 1.17 bits per heavy atom. The number of nitrogens with zero attached hydrogens (tertiary/aromatic N) is 2. The number of hydrogen-bond donors (Lipinski definition) is 2. The molecule has 3 rings (SSSR count). The van der Waals surface area contributed by atoms with Crippen LogP contribution < -0.4 is 15.5 Å². The summed E-state index contributed by atoms with van der Waals surface area (Å²) in [5.74, 6) is -0.251. The minimum Gasteiger partial charge on any atom is -0.369 e. The number of nitrogens with one attached hydrogen (secondary N) is 2. The van der Waals surface area contributed by atoms with Gasteiger partial charge in [-0.15, -0.1) is 0 Å². The maximum absolute atomic E-state index is 11.9. The van der Waals surface area contributed by atoms with Gasteiger partial charge in [0.15, 0.2) is 0 Å². The Balaban J connectivity index is 1.41. The first-order valence-electron chi connectivity index (χ1n) is 7.93. The van der Waals surface area contributed by atoms with Crippen molar-refractivity contribution in [3.05, 3.63) is 29.3 Å². The van der Waals surface area contributed by atoms with Gasteiger partial charge in [-0.2, -0.15) is 0 Å². The molecule has 0 radical (unpaired) electrons. The molecule has 0 aromatic heterocycles. The van der Waals surface area contributed by atoms with Crippen LogP contribution in [-0.2, 0) is 4.79 Å². The zero-order chi connectivity index (χ0) is 16.2. The summed E-state index contributed by atoms with van der Waals surface area (Å²) >= 11 is 6.02. The third kappa shape index (κ3) is 4.84.